The number of hydrogen-bond donors (Lipinski definition) is 0. The summed E-state index contributed by atoms with van der Waals surface area (Å²) in [5.74, 6) is 0.688. The lowest BCUT2D eigenvalue weighted by Crippen LogP contribution is -2.00. The highest BCUT2D eigenvalue weighted by molar-refractivity contribution is 9.10. The van der Waals surface area contributed by atoms with Gasteiger partial charge in [0, 0.05) is 0 Å². The van der Waals surface area contributed by atoms with Gasteiger partial charge in [-0.2, -0.15) is 0 Å². The SMILES string of the molecule is Cc1cc(Br)c(OC2CC2)c(C=O)c1. The van der Waals surface area contributed by atoms with Crippen molar-refractivity contribution < 1.29 is 9.53 Å². The number of benzene rings is 1. The largest absolute Gasteiger partial charge is 0.488 e. The van der Waals surface area contributed by atoms with Gasteiger partial charge >= 0.3 is 0 Å². The molecular formula is C11H11BrO2. The number of carbonyl (C=O) groups is 1. The van der Waals surface area contributed by atoms with Crippen molar-refractivity contribution in [1.29, 1.82) is 0 Å². The van der Waals surface area contributed by atoms with Gasteiger partial charge in [-0.3, -0.25) is 4.79 Å². The molecule has 0 heterocycles. The molecule has 1 saturated carbocycles. The maximum Gasteiger partial charge on any atom is 0.153 e. The van der Waals surface area contributed by atoms with Crippen LogP contribution in [0.1, 0.15) is 28.8 Å². The third-order valence-electron chi connectivity index (χ3n) is 2.15. The summed E-state index contributed by atoms with van der Waals surface area (Å²) in [5, 5.41) is 0. The minimum absolute atomic E-state index is 0.313. The second kappa shape index (κ2) is 3.73. The molecule has 2 nitrogen and oxygen atoms in total. The molecule has 74 valence electrons. The van der Waals surface area contributed by atoms with E-state index in [0.717, 1.165) is 29.2 Å². The monoisotopic (exact) mass is 254 g/mol. The van der Waals surface area contributed by atoms with E-state index in [9.17, 15) is 4.79 Å². The number of carbonyl (C=O) groups excluding carboxylic acids is 1. The van der Waals surface area contributed by atoms with Crippen LogP contribution < -0.4 is 4.74 Å². The molecule has 0 N–H and O–H groups in total. The Morgan fingerprint density at radius 3 is 2.79 bits per heavy atom. The van der Waals surface area contributed by atoms with Gasteiger partial charge in [0.05, 0.1) is 16.1 Å². The molecule has 0 unspecified atom stereocenters. The van der Waals surface area contributed by atoms with Crippen LogP contribution in [0.25, 0.3) is 0 Å². The summed E-state index contributed by atoms with van der Waals surface area (Å²) in [7, 11) is 0. The highest BCUT2D eigenvalue weighted by Crippen LogP contribution is 2.35. The van der Waals surface area contributed by atoms with Gasteiger partial charge in [0.2, 0.25) is 0 Å². The van der Waals surface area contributed by atoms with E-state index < -0.39 is 0 Å². The molecule has 0 spiro atoms. The second-order valence-corrected chi connectivity index (χ2v) is 4.45. The Hall–Kier alpha value is -0.830. The molecule has 1 fully saturated rings. The van der Waals surface area contributed by atoms with E-state index in [4.69, 9.17) is 4.74 Å². The number of halogens is 1. The van der Waals surface area contributed by atoms with E-state index >= 15 is 0 Å². The lowest BCUT2D eigenvalue weighted by Gasteiger charge is -2.10. The van der Waals surface area contributed by atoms with E-state index in [1.54, 1.807) is 0 Å². The molecule has 0 atom stereocenters. The van der Waals surface area contributed by atoms with Gasteiger partial charge in [0.1, 0.15) is 5.75 Å². The normalized spacial score (nSPS) is 15.3. The first kappa shape index (κ1) is 9.71. The molecule has 0 radical (unpaired) electrons. The number of aryl methyl sites for hydroxylation is 1. The summed E-state index contributed by atoms with van der Waals surface area (Å²) < 4.78 is 6.52. The summed E-state index contributed by atoms with van der Waals surface area (Å²) in [6.07, 6.45) is 3.35. The first-order valence-corrected chi connectivity index (χ1v) is 5.42. The first-order chi connectivity index (χ1) is 6.70. The van der Waals surface area contributed by atoms with E-state index in [1.165, 1.54) is 0 Å². The average molecular weight is 255 g/mol. The van der Waals surface area contributed by atoms with Crippen LogP contribution in [0.15, 0.2) is 16.6 Å². The topological polar surface area (TPSA) is 26.3 Å². The van der Waals surface area contributed by atoms with Crippen molar-refractivity contribution in [2.45, 2.75) is 25.9 Å². The zero-order valence-electron chi connectivity index (χ0n) is 7.92. The van der Waals surface area contributed by atoms with Gasteiger partial charge in [-0.15, -0.1) is 0 Å². The van der Waals surface area contributed by atoms with Gasteiger partial charge in [0.15, 0.2) is 6.29 Å². The lowest BCUT2D eigenvalue weighted by molar-refractivity contribution is 0.111. The molecular weight excluding hydrogens is 244 g/mol. The molecule has 0 saturated heterocycles. The fourth-order valence-electron chi connectivity index (χ4n) is 1.32. The molecule has 14 heavy (non-hydrogen) atoms. The zero-order valence-corrected chi connectivity index (χ0v) is 9.50. The van der Waals surface area contributed by atoms with Gasteiger partial charge in [-0.05, 0) is 53.4 Å². The quantitative estimate of drug-likeness (QED) is 0.775. The number of ether oxygens (including phenoxy) is 1. The molecule has 1 aromatic carbocycles. The standard InChI is InChI=1S/C11H11BrO2/c1-7-4-8(6-13)11(10(12)5-7)14-9-2-3-9/h4-6,9H,2-3H2,1H3. The highest BCUT2D eigenvalue weighted by atomic mass is 79.9. The van der Waals surface area contributed by atoms with Crippen molar-refractivity contribution in [3.05, 3.63) is 27.7 Å². The summed E-state index contributed by atoms with van der Waals surface area (Å²) in [6, 6.07) is 3.81. The first-order valence-electron chi connectivity index (χ1n) is 4.62. The summed E-state index contributed by atoms with van der Waals surface area (Å²) in [5.41, 5.74) is 1.69. The van der Waals surface area contributed by atoms with Gasteiger partial charge < -0.3 is 4.74 Å². The fourth-order valence-corrected chi connectivity index (χ4v) is 2.00. The summed E-state index contributed by atoms with van der Waals surface area (Å²) in [6.45, 7) is 1.96. The minimum atomic E-state index is 0.313. The molecule has 1 aliphatic rings. The second-order valence-electron chi connectivity index (χ2n) is 3.60. The van der Waals surface area contributed by atoms with Crippen molar-refractivity contribution in [3.63, 3.8) is 0 Å². The van der Waals surface area contributed by atoms with Crippen LogP contribution in [0.4, 0.5) is 0 Å². The molecule has 3 heteroatoms. The third kappa shape index (κ3) is 1.98. The van der Waals surface area contributed by atoms with Crippen LogP contribution >= 0.6 is 15.9 Å². The Kier molecular flexibility index (Phi) is 2.59. The van der Waals surface area contributed by atoms with Crippen molar-refractivity contribution in [2.75, 3.05) is 0 Å². The predicted octanol–water partition coefficient (Wildman–Crippen LogP) is 3.11. The number of hydrogen-bond acceptors (Lipinski definition) is 2. The minimum Gasteiger partial charge on any atom is -0.488 e. The van der Waals surface area contributed by atoms with Crippen molar-refractivity contribution in [1.82, 2.24) is 0 Å². The van der Waals surface area contributed by atoms with Crippen LogP contribution in [0.3, 0.4) is 0 Å². The van der Waals surface area contributed by atoms with E-state index in [0.29, 0.717) is 17.4 Å². The smallest absolute Gasteiger partial charge is 0.153 e. The third-order valence-corrected chi connectivity index (χ3v) is 2.74. The van der Waals surface area contributed by atoms with Gasteiger partial charge in [-0.1, -0.05) is 0 Å². The molecule has 1 aromatic rings. The maximum atomic E-state index is 10.8. The molecule has 1 aliphatic carbocycles. The van der Waals surface area contributed by atoms with Gasteiger partial charge in [-0.25, -0.2) is 0 Å². The van der Waals surface area contributed by atoms with Crippen LogP contribution in [-0.4, -0.2) is 12.4 Å². The van der Waals surface area contributed by atoms with E-state index in [2.05, 4.69) is 15.9 Å². The van der Waals surface area contributed by atoms with Crippen LogP contribution in [0.2, 0.25) is 0 Å². The van der Waals surface area contributed by atoms with E-state index in [1.807, 2.05) is 19.1 Å². The van der Waals surface area contributed by atoms with Crippen molar-refractivity contribution >= 4 is 22.2 Å². The Morgan fingerprint density at radius 1 is 1.50 bits per heavy atom. The fraction of sp³-hybridized carbons (Fsp3) is 0.364. The van der Waals surface area contributed by atoms with Crippen molar-refractivity contribution in [2.24, 2.45) is 0 Å². The van der Waals surface area contributed by atoms with Crippen molar-refractivity contribution in [3.8, 4) is 5.75 Å². The van der Waals surface area contributed by atoms with Crippen LogP contribution in [0.5, 0.6) is 5.75 Å². The molecule has 0 amide bonds. The average Bonchev–Trinajstić information content (AvgIpc) is 2.93. The Balaban J connectivity index is 2.38. The molecule has 0 aromatic heterocycles. The summed E-state index contributed by atoms with van der Waals surface area (Å²) >= 11 is 3.41. The Labute approximate surface area is 91.4 Å². The van der Waals surface area contributed by atoms with Crippen LogP contribution in [0, 0.1) is 6.92 Å². The molecule has 0 aliphatic heterocycles. The number of aldehydes is 1. The van der Waals surface area contributed by atoms with E-state index in [-0.39, 0.29) is 0 Å². The van der Waals surface area contributed by atoms with Gasteiger partial charge in [0.25, 0.3) is 0 Å². The maximum absolute atomic E-state index is 10.8. The molecule has 2 rings (SSSR count). The Bertz CT molecular complexity index is 370. The predicted molar refractivity (Wildman–Crippen MR) is 57.9 cm³/mol. The molecule has 0 bridgehead atoms. The highest BCUT2D eigenvalue weighted by Gasteiger charge is 2.25. The van der Waals surface area contributed by atoms with Crippen LogP contribution in [-0.2, 0) is 0 Å². The lowest BCUT2D eigenvalue weighted by atomic mass is 10.1. The number of rotatable bonds is 3. The Morgan fingerprint density at radius 2 is 2.21 bits per heavy atom. The zero-order chi connectivity index (χ0) is 10.1. The summed E-state index contributed by atoms with van der Waals surface area (Å²) in [4.78, 5) is 10.8.